The third-order valence-corrected chi connectivity index (χ3v) is 18.2. The molecule has 6 aliphatic heterocycles. The Hall–Kier alpha value is -5.09. The van der Waals surface area contributed by atoms with Gasteiger partial charge in [-0.25, -0.2) is 0 Å². The fraction of sp³-hybridized carbons (Fsp3) is 0.514. The third-order valence-electron chi connectivity index (χ3n) is 18.2. The Morgan fingerprint density at radius 2 is 0.921 bits per heavy atom. The van der Waals surface area contributed by atoms with Crippen molar-refractivity contribution in [2.75, 3.05) is 13.2 Å². The number of allylic oxidation sites excluding steroid dienone is 4. The van der Waals surface area contributed by atoms with Gasteiger partial charge in [0.15, 0.2) is 0 Å². The van der Waals surface area contributed by atoms with Crippen molar-refractivity contribution in [1.82, 2.24) is 0 Å². The molecule has 4 aromatic carbocycles. The Kier molecular flexibility index (Phi) is 22.4. The van der Waals surface area contributed by atoms with Gasteiger partial charge in [-0.15, -0.1) is 0 Å². The van der Waals surface area contributed by atoms with E-state index in [2.05, 4.69) is 135 Å². The number of ether oxygens (including phenoxy) is 8. The van der Waals surface area contributed by atoms with Crippen LogP contribution >= 0.6 is 9.69 Å². The number of hydrogen-bond donors (Lipinski definition) is 0. The summed E-state index contributed by atoms with van der Waals surface area (Å²) in [4.78, 5) is 21.1. The minimum absolute atomic E-state index is 0.168. The number of halogens is 1. The summed E-state index contributed by atoms with van der Waals surface area (Å²) in [7, 11) is 4.76. The van der Waals surface area contributed by atoms with Gasteiger partial charge in [-0.1, -0.05) is 156 Å². The van der Waals surface area contributed by atoms with Crippen molar-refractivity contribution >= 4 is 32.7 Å². The van der Waals surface area contributed by atoms with Gasteiger partial charge >= 0.3 is 27.0 Å². The maximum atomic E-state index is 13.3. The zero-order valence-corrected chi connectivity index (χ0v) is 58.4. The van der Waals surface area contributed by atoms with Crippen LogP contribution in [0.3, 0.4) is 0 Å². The number of rotatable bonds is 21. The molecule has 89 heavy (non-hydrogen) atoms. The molecule has 4 aromatic rings. The van der Waals surface area contributed by atoms with Crippen LogP contribution in [0.2, 0.25) is 0 Å². The molecule has 15 heteroatoms. The van der Waals surface area contributed by atoms with Crippen LogP contribution < -0.4 is 5.11 Å². The first-order chi connectivity index (χ1) is 42.3. The summed E-state index contributed by atoms with van der Waals surface area (Å²) < 4.78 is 54.8. The van der Waals surface area contributed by atoms with E-state index in [1.54, 1.807) is 0 Å². The quantitative estimate of drug-likeness (QED) is 0.0744. The Balaban J connectivity index is 0.00000466. The van der Waals surface area contributed by atoms with Crippen molar-refractivity contribution in [2.24, 2.45) is 41.6 Å². The third kappa shape index (κ3) is 17.3. The Bertz CT molecular complexity index is 3270. The monoisotopic (exact) mass is 1280 g/mol. The zero-order chi connectivity index (χ0) is 63.8. The van der Waals surface area contributed by atoms with E-state index in [-0.39, 0.29) is 48.9 Å². The van der Waals surface area contributed by atoms with Crippen LogP contribution in [0.5, 0.6) is 0 Å². The second kappa shape index (κ2) is 29.2. The van der Waals surface area contributed by atoms with Crippen LogP contribution in [0, 0.1) is 21.7 Å². The van der Waals surface area contributed by atoms with Crippen LogP contribution in [0.15, 0.2) is 189 Å². The topological polar surface area (TPSA) is 146 Å². The maximum absolute atomic E-state index is 13.3. The Labute approximate surface area is 543 Å². The van der Waals surface area contributed by atoms with Crippen LogP contribution in [0.4, 0.5) is 0 Å². The standard InChI is InChI=1S/C74H94N4O9.ClH.Zn/c1-49-59(80-43-52-26-18-14-19-27-52)36-61(82-45-54-30-22-16-23-31-54)67(86-49)73(12)40-57(75-51(73)3)34-56-39-71(10,47-84-69(4,5)6)64(76-56)38-65-74(13,41-58(77-65)35-63-72(11,42-66(79)78-63)48-85-70(7,8)9)68-62(83-46-55-32-24-17-25-33-55)37-60(50(2)87-68)81-44-53-28-20-15-21-29-53;;/h14-35,38,49-50,59-62,67-68H,3,36-37,39-48H2,1-2,4-13H3,(H,78,79);1H;/q;;+2/p-2/b56-34-,63-35-,65-38-;;/t49-,50-,59-,60-,61-,62-,67-,68-,71?,72?,73-,74-;;/m1../s1. The molecule has 13 nitrogen and oxygen atoms in total. The summed E-state index contributed by atoms with van der Waals surface area (Å²) in [5, 5.41) is 13.3. The molecule has 12 atom stereocenters. The average Bonchev–Trinajstić information content (AvgIpc) is 1.68. The molecule has 0 aromatic heterocycles. The number of nitrogens with zero attached hydrogens (tertiary/aromatic N) is 4. The number of benzene rings is 4. The van der Waals surface area contributed by atoms with Gasteiger partial charge in [0.05, 0.1) is 111 Å². The summed E-state index contributed by atoms with van der Waals surface area (Å²) in [6, 6.07) is 41.1. The van der Waals surface area contributed by atoms with Crippen molar-refractivity contribution in [3.8, 4) is 0 Å². The molecule has 2 fully saturated rings. The van der Waals surface area contributed by atoms with Gasteiger partial charge in [0.2, 0.25) is 0 Å². The predicted molar refractivity (Wildman–Crippen MR) is 349 cm³/mol. The fourth-order valence-electron chi connectivity index (χ4n) is 12.9. The van der Waals surface area contributed by atoms with Gasteiger partial charge in [-0.2, -0.15) is 0 Å². The molecule has 472 valence electrons. The SMILES string of the molecule is C=C1N=C(/C=C2/CC(C)(COC(C)(C)C)C(/C=C3N=C(/C=C4\N=C([O-])CC4(C)COC(C)(C)C)C[C@@]\3(C)[C@@H]3O[C@H](C)[C@H](OCc4ccccc4)C[C@H]3OCc3ccccc3)=N2)C[C@@]1(C)[C@@H]1O[C@H](C)[C@H](OCc2ccccc2)C[C@H]1OCc1ccccc1.[Cl][Zn+]. The molecule has 0 radical (unpaired) electrons. The van der Waals surface area contributed by atoms with Crippen molar-refractivity contribution < 1.29 is 60.3 Å². The van der Waals surface area contributed by atoms with E-state index in [9.17, 15) is 5.11 Å². The number of hydrogen-bond acceptors (Lipinski definition) is 13. The first kappa shape index (κ1) is 68.3. The first-order valence-corrected chi connectivity index (χ1v) is 35.6. The van der Waals surface area contributed by atoms with Crippen molar-refractivity contribution in [1.29, 1.82) is 0 Å². The van der Waals surface area contributed by atoms with E-state index in [0.29, 0.717) is 77.4 Å². The molecule has 0 N–H and O–H groups in total. The van der Waals surface area contributed by atoms with E-state index in [0.717, 1.165) is 73.8 Å². The molecule has 0 aliphatic carbocycles. The van der Waals surface area contributed by atoms with E-state index in [4.69, 9.17) is 62.6 Å². The van der Waals surface area contributed by atoms with Crippen LogP contribution in [0.25, 0.3) is 0 Å². The summed E-state index contributed by atoms with van der Waals surface area (Å²) in [5.74, 6) is -0.168. The first-order valence-electron chi connectivity index (χ1n) is 31.7. The molecule has 0 saturated carbocycles. The van der Waals surface area contributed by atoms with Gasteiger partial charge in [0.25, 0.3) is 0 Å². The van der Waals surface area contributed by atoms with Crippen LogP contribution in [0.1, 0.15) is 144 Å². The molecule has 2 unspecified atom stereocenters. The average molecular weight is 1280 g/mol. The Morgan fingerprint density at radius 3 is 1.37 bits per heavy atom. The van der Waals surface area contributed by atoms with E-state index in [1.807, 2.05) is 99.6 Å². The fourth-order valence-corrected chi connectivity index (χ4v) is 12.9. The summed E-state index contributed by atoms with van der Waals surface area (Å²) in [5.41, 5.74) is 6.58. The van der Waals surface area contributed by atoms with Crippen LogP contribution in [-0.2, 0) is 81.6 Å². The molecule has 0 amide bonds. The van der Waals surface area contributed by atoms with Crippen molar-refractivity contribution in [3.05, 3.63) is 191 Å². The van der Waals surface area contributed by atoms with Gasteiger partial charge in [0.1, 0.15) is 0 Å². The van der Waals surface area contributed by atoms with Crippen molar-refractivity contribution in [2.45, 2.75) is 208 Å². The second-order valence-corrected chi connectivity index (χ2v) is 28.2. The van der Waals surface area contributed by atoms with Gasteiger partial charge in [0, 0.05) is 82.3 Å². The molecule has 0 bridgehead atoms. The molecule has 10 rings (SSSR count). The summed E-state index contributed by atoms with van der Waals surface area (Å²) in [6.07, 6.45) is 7.09. The molecule has 2 saturated heterocycles. The Morgan fingerprint density at radius 1 is 0.517 bits per heavy atom. The van der Waals surface area contributed by atoms with E-state index >= 15 is 0 Å². The van der Waals surface area contributed by atoms with Gasteiger partial charge < -0.3 is 43.0 Å². The molecular formula is C74H93ClN4O9Zn. The minimum atomic E-state index is -0.759. The molecule has 6 aliphatic rings. The number of aliphatic imine (C=N–C) groups is 4. The predicted octanol–water partition coefficient (Wildman–Crippen LogP) is 14.9. The second-order valence-electron chi connectivity index (χ2n) is 28.2. The summed E-state index contributed by atoms with van der Waals surface area (Å²) in [6.45, 7) is 32.4. The molecular weight excluding hydrogens is 1190 g/mol. The zero-order valence-electron chi connectivity index (χ0n) is 54.6. The normalized spacial score (nSPS) is 32.0. The van der Waals surface area contributed by atoms with Gasteiger partial charge in [-0.3, -0.25) is 20.0 Å². The molecule has 6 heterocycles. The van der Waals surface area contributed by atoms with Crippen LogP contribution in [-0.4, -0.2) is 96.3 Å². The van der Waals surface area contributed by atoms with E-state index < -0.39 is 45.1 Å². The van der Waals surface area contributed by atoms with E-state index in [1.165, 1.54) is 0 Å². The molecule has 0 spiro atoms. The van der Waals surface area contributed by atoms with Crippen molar-refractivity contribution in [3.63, 3.8) is 0 Å². The van der Waals surface area contributed by atoms with Gasteiger partial charge in [-0.05, 0) is 108 Å². The summed E-state index contributed by atoms with van der Waals surface area (Å²) >= 11 is 0.847.